The second-order valence-electron chi connectivity index (χ2n) is 2.84. The lowest BCUT2D eigenvalue weighted by molar-refractivity contribution is -0.132. The Labute approximate surface area is 88.5 Å². The predicted molar refractivity (Wildman–Crippen MR) is 54.2 cm³/mol. The van der Waals surface area contributed by atoms with E-state index >= 15 is 0 Å². The van der Waals surface area contributed by atoms with Crippen LogP contribution in [-0.4, -0.2) is 41.9 Å². The number of carbonyl (C=O) groups excluding carboxylic acids is 1. The lowest BCUT2D eigenvalue weighted by Gasteiger charge is -2.10. The summed E-state index contributed by atoms with van der Waals surface area (Å²) in [6, 6.07) is -0.128. The molecule has 1 heterocycles. The van der Waals surface area contributed by atoms with Crippen molar-refractivity contribution < 1.29 is 19.5 Å². The summed E-state index contributed by atoms with van der Waals surface area (Å²) < 4.78 is 0. The molecule has 0 bridgehead atoms. The van der Waals surface area contributed by atoms with Crippen molar-refractivity contribution in [3.63, 3.8) is 0 Å². The minimum absolute atomic E-state index is 0.128. The van der Waals surface area contributed by atoms with E-state index in [0.29, 0.717) is 19.7 Å². The first-order chi connectivity index (χ1) is 6.99. The smallest absolute Gasteiger partial charge is 0.341 e. The second-order valence-corrected chi connectivity index (χ2v) is 2.84. The number of carbonyl (C=O) groups is 2. The number of hydroxylamine groups is 2. The highest BCUT2D eigenvalue weighted by atomic mass is 16.7. The Kier molecular flexibility index (Phi) is 6.12. The molecule has 1 aliphatic rings. The molecule has 15 heavy (non-hydrogen) atoms. The molecule has 0 aliphatic carbocycles. The maximum Gasteiger partial charge on any atom is 0.341 e. The lowest BCUT2D eigenvalue weighted by Crippen LogP contribution is -2.28. The van der Waals surface area contributed by atoms with Crippen LogP contribution in [-0.2, 0) is 9.63 Å². The van der Waals surface area contributed by atoms with Gasteiger partial charge in [0.2, 0.25) is 0 Å². The van der Waals surface area contributed by atoms with Crippen molar-refractivity contribution in [1.82, 2.24) is 10.4 Å². The van der Waals surface area contributed by atoms with Gasteiger partial charge in [0.25, 0.3) is 0 Å². The van der Waals surface area contributed by atoms with E-state index in [-0.39, 0.29) is 11.6 Å². The van der Waals surface area contributed by atoms with Crippen LogP contribution >= 0.6 is 0 Å². The summed E-state index contributed by atoms with van der Waals surface area (Å²) in [6.07, 6.45) is 0. The first kappa shape index (κ1) is 13.4. The fourth-order valence-corrected chi connectivity index (χ4v) is 0.733. The van der Waals surface area contributed by atoms with Gasteiger partial charge in [0, 0.05) is 12.1 Å². The molecule has 2 amide bonds. The van der Waals surface area contributed by atoms with Gasteiger partial charge in [0.1, 0.15) is 0 Å². The molecule has 0 aromatic carbocycles. The molecule has 1 aliphatic heterocycles. The summed E-state index contributed by atoms with van der Waals surface area (Å²) in [6.45, 7) is 8.36. The number of carboxylic acids is 1. The molecule has 86 valence electrons. The topological polar surface area (TPSA) is 78.9 Å². The Morgan fingerprint density at radius 3 is 2.53 bits per heavy atom. The summed E-state index contributed by atoms with van der Waals surface area (Å²) in [7, 11) is 0. The molecule has 1 saturated heterocycles. The average Bonchev–Trinajstić information content (AvgIpc) is 2.53. The van der Waals surface area contributed by atoms with Gasteiger partial charge in [0.15, 0.2) is 0 Å². The van der Waals surface area contributed by atoms with E-state index in [4.69, 9.17) is 9.94 Å². The zero-order valence-corrected chi connectivity index (χ0v) is 8.95. The van der Waals surface area contributed by atoms with Crippen LogP contribution in [0.3, 0.4) is 0 Å². The lowest BCUT2D eigenvalue weighted by atomic mass is 10.4. The summed E-state index contributed by atoms with van der Waals surface area (Å²) in [5, 5.41) is 11.8. The van der Waals surface area contributed by atoms with Crippen LogP contribution in [0, 0.1) is 0 Å². The third-order valence-electron chi connectivity index (χ3n) is 1.47. The first-order valence-corrected chi connectivity index (χ1v) is 4.56. The maximum absolute atomic E-state index is 10.7. The Bertz CT molecular complexity index is 240. The number of nitrogens with zero attached hydrogens (tertiary/aromatic N) is 1. The highest BCUT2D eigenvalue weighted by Crippen LogP contribution is 1.95. The molecule has 6 heteroatoms. The number of nitrogens with one attached hydrogen (secondary N) is 1. The van der Waals surface area contributed by atoms with Gasteiger partial charge >= 0.3 is 12.0 Å². The van der Waals surface area contributed by atoms with E-state index < -0.39 is 5.97 Å². The molecule has 0 radical (unpaired) electrons. The molecule has 2 N–H and O–H groups in total. The summed E-state index contributed by atoms with van der Waals surface area (Å²) >= 11 is 0. The minimum atomic E-state index is -0.935. The highest BCUT2D eigenvalue weighted by Gasteiger charge is 2.18. The summed E-state index contributed by atoms with van der Waals surface area (Å²) in [5.74, 6) is -0.935. The number of amides is 2. The molecular weight excluding hydrogens is 200 g/mol. The van der Waals surface area contributed by atoms with Crippen molar-refractivity contribution >= 4 is 12.0 Å². The van der Waals surface area contributed by atoms with E-state index in [2.05, 4.69) is 11.9 Å². The zero-order chi connectivity index (χ0) is 11.8. The normalized spacial score (nSPS) is 14.0. The van der Waals surface area contributed by atoms with Gasteiger partial charge in [-0.2, -0.15) is 0 Å². The van der Waals surface area contributed by atoms with Crippen molar-refractivity contribution in [1.29, 1.82) is 0 Å². The summed E-state index contributed by atoms with van der Waals surface area (Å²) in [5.41, 5.74) is 0.176. The molecule has 0 aromatic rings. The monoisotopic (exact) mass is 216 g/mol. The number of carboxylic acid groups (broad SMARTS) is 1. The molecule has 0 aromatic heterocycles. The Hall–Kier alpha value is -1.56. The van der Waals surface area contributed by atoms with Gasteiger partial charge in [-0.05, 0) is 13.8 Å². The van der Waals surface area contributed by atoms with Crippen LogP contribution in [0.15, 0.2) is 12.2 Å². The maximum atomic E-state index is 10.7. The molecule has 6 nitrogen and oxygen atoms in total. The van der Waals surface area contributed by atoms with Crippen molar-refractivity contribution in [3.05, 3.63) is 12.2 Å². The number of hydrogen-bond donors (Lipinski definition) is 2. The van der Waals surface area contributed by atoms with Crippen molar-refractivity contribution in [2.24, 2.45) is 0 Å². The fourth-order valence-electron chi connectivity index (χ4n) is 0.733. The fraction of sp³-hybridized carbons (Fsp3) is 0.556. The van der Waals surface area contributed by atoms with Crippen molar-refractivity contribution in [2.75, 3.05) is 19.7 Å². The van der Waals surface area contributed by atoms with E-state index in [1.807, 2.05) is 6.92 Å². The van der Waals surface area contributed by atoms with Crippen LogP contribution in [0.5, 0.6) is 0 Å². The molecule has 0 unspecified atom stereocenters. The largest absolute Gasteiger partial charge is 0.478 e. The van der Waals surface area contributed by atoms with E-state index in [0.717, 1.165) is 0 Å². The summed E-state index contributed by atoms with van der Waals surface area (Å²) in [4.78, 5) is 25.2. The van der Waals surface area contributed by atoms with Crippen LogP contribution in [0.1, 0.15) is 13.8 Å². The quantitative estimate of drug-likeness (QED) is 0.677. The number of urea groups is 1. The van der Waals surface area contributed by atoms with E-state index in [1.54, 1.807) is 0 Å². The Morgan fingerprint density at radius 1 is 1.73 bits per heavy atom. The predicted octanol–water partition coefficient (Wildman–Crippen LogP) is 0.610. The van der Waals surface area contributed by atoms with Gasteiger partial charge in [-0.3, -0.25) is 4.84 Å². The molecule has 0 saturated carbocycles. The van der Waals surface area contributed by atoms with Gasteiger partial charge in [-0.1, -0.05) is 6.58 Å². The second kappa shape index (κ2) is 6.83. The van der Waals surface area contributed by atoms with Gasteiger partial charge in [-0.15, -0.1) is 0 Å². The molecule has 1 rings (SSSR count). The van der Waals surface area contributed by atoms with Crippen LogP contribution in [0.2, 0.25) is 0 Å². The van der Waals surface area contributed by atoms with E-state index in [1.165, 1.54) is 12.0 Å². The Balaban J connectivity index is 0.000000288. The number of aliphatic carboxylic acids is 1. The third-order valence-corrected chi connectivity index (χ3v) is 1.47. The first-order valence-electron chi connectivity index (χ1n) is 4.56. The van der Waals surface area contributed by atoms with Crippen LogP contribution in [0.25, 0.3) is 0 Å². The Morgan fingerprint density at radius 2 is 2.27 bits per heavy atom. The van der Waals surface area contributed by atoms with Crippen LogP contribution in [0.4, 0.5) is 4.79 Å². The van der Waals surface area contributed by atoms with E-state index in [9.17, 15) is 9.59 Å². The van der Waals surface area contributed by atoms with Crippen molar-refractivity contribution in [2.45, 2.75) is 13.8 Å². The van der Waals surface area contributed by atoms with Crippen molar-refractivity contribution in [3.8, 4) is 0 Å². The van der Waals surface area contributed by atoms with Gasteiger partial charge in [0.05, 0.1) is 13.2 Å². The number of hydrogen-bond acceptors (Lipinski definition) is 3. The molecular formula is C9H16N2O4. The average molecular weight is 216 g/mol. The SMILES string of the molecule is C=C(C)C(=O)O.CCON1CCNC1=O. The molecule has 1 fully saturated rings. The van der Waals surface area contributed by atoms with Gasteiger partial charge in [-0.25, -0.2) is 14.7 Å². The zero-order valence-electron chi connectivity index (χ0n) is 8.95. The van der Waals surface area contributed by atoms with Gasteiger partial charge < -0.3 is 10.4 Å². The standard InChI is InChI=1S/C5H10N2O2.C4H6O2/c1-2-9-7-4-3-6-5(7)8;1-3(2)4(5)6/h2-4H2,1H3,(H,6,8);1H2,2H3,(H,5,6). The highest BCUT2D eigenvalue weighted by molar-refractivity contribution is 5.84. The molecule has 0 atom stereocenters. The third kappa shape index (κ3) is 5.69. The minimum Gasteiger partial charge on any atom is -0.478 e. The van der Waals surface area contributed by atoms with Crippen LogP contribution < -0.4 is 5.32 Å². The number of rotatable bonds is 3. The molecule has 0 spiro atoms.